The molecule has 1 fully saturated rings. The molecule has 1 saturated heterocycles. The van der Waals surface area contributed by atoms with E-state index < -0.39 is 0 Å². The first-order valence-electron chi connectivity index (χ1n) is 8.15. The molecule has 2 nitrogen and oxygen atoms in total. The highest BCUT2D eigenvalue weighted by molar-refractivity contribution is 5.19. The maximum Gasteiger partial charge on any atom is 0.0120 e. The van der Waals surface area contributed by atoms with Crippen molar-refractivity contribution in [3.8, 4) is 0 Å². The number of hydrogen-bond donors (Lipinski definition) is 1. The maximum atomic E-state index is 3.64. The molecule has 0 saturated carbocycles. The number of hydrogen-bond acceptors (Lipinski definition) is 2. The van der Waals surface area contributed by atoms with Crippen LogP contribution in [0.2, 0.25) is 0 Å². The Morgan fingerprint density at radius 1 is 1.25 bits per heavy atom. The summed E-state index contributed by atoms with van der Waals surface area (Å²) in [5.41, 5.74) is 1.46. The highest BCUT2D eigenvalue weighted by Gasteiger charge is 2.32. The number of benzene rings is 1. The molecule has 4 atom stereocenters. The minimum Gasteiger partial charge on any atom is -0.314 e. The van der Waals surface area contributed by atoms with E-state index >= 15 is 0 Å². The predicted molar refractivity (Wildman–Crippen MR) is 87.1 cm³/mol. The van der Waals surface area contributed by atoms with Gasteiger partial charge in [-0.25, -0.2) is 0 Å². The van der Waals surface area contributed by atoms with Gasteiger partial charge in [0.1, 0.15) is 0 Å². The molecule has 0 amide bonds. The van der Waals surface area contributed by atoms with Crippen LogP contribution in [0.4, 0.5) is 0 Å². The van der Waals surface area contributed by atoms with Gasteiger partial charge in [0.15, 0.2) is 0 Å². The predicted octanol–water partition coefficient (Wildman–Crippen LogP) is 3.50. The fourth-order valence-corrected chi connectivity index (χ4v) is 3.49. The Hall–Kier alpha value is -0.860. The van der Waals surface area contributed by atoms with Gasteiger partial charge in [0.25, 0.3) is 0 Å². The number of piperidine rings is 1. The van der Waals surface area contributed by atoms with E-state index in [9.17, 15) is 0 Å². The first-order chi connectivity index (χ1) is 9.63. The number of nitrogens with zero attached hydrogens (tertiary/aromatic N) is 1. The van der Waals surface area contributed by atoms with E-state index in [1.165, 1.54) is 25.1 Å². The summed E-state index contributed by atoms with van der Waals surface area (Å²) >= 11 is 0. The van der Waals surface area contributed by atoms with Gasteiger partial charge in [0.05, 0.1) is 0 Å². The molecule has 2 rings (SSSR count). The minimum absolute atomic E-state index is 0.613. The monoisotopic (exact) mass is 274 g/mol. The molecule has 0 radical (unpaired) electrons. The van der Waals surface area contributed by atoms with Crippen molar-refractivity contribution in [1.82, 2.24) is 10.2 Å². The van der Waals surface area contributed by atoms with Crippen LogP contribution in [0.15, 0.2) is 30.3 Å². The summed E-state index contributed by atoms with van der Waals surface area (Å²) in [7, 11) is 0. The molecule has 0 aliphatic carbocycles. The molecule has 1 aromatic rings. The molecule has 0 spiro atoms. The molecular weight excluding hydrogens is 244 g/mol. The second-order valence-corrected chi connectivity index (χ2v) is 6.36. The average molecular weight is 274 g/mol. The second-order valence-electron chi connectivity index (χ2n) is 6.36. The Kier molecular flexibility index (Phi) is 5.62. The molecule has 20 heavy (non-hydrogen) atoms. The quantitative estimate of drug-likeness (QED) is 0.884. The van der Waals surface area contributed by atoms with Crippen molar-refractivity contribution in [1.29, 1.82) is 0 Å². The van der Waals surface area contributed by atoms with Crippen LogP contribution in [-0.4, -0.2) is 36.6 Å². The Bertz CT molecular complexity index is 390. The van der Waals surface area contributed by atoms with E-state index in [-0.39, 0.29) is 0 Å². The lowest BCUT2D eigenvalue weighted by molar-refractivity contribution is 0.0811. The molecular formula is C18H30N2. The van der Waals surface area contributed by atoms with E-state index in [0.717, 1.165) is 12.5 Å². The van der Waals surface area contributed by atoms with Gasteiger partial charge in [-0.1, -0.05) is 51.1 Å². The van der Waals surface area contributed by atoms with Crippen LogP contribution < -0.4 is 5.32 Å². The Morgan fingerprint density at radius 3 is 2.60 bits per heavy atom. The van der Waals surface area contributed by atoms with E-state index in [0.29, 0.717) is 18.0 Å². The fraction of sp³-hybridized carbons (Fsp3) is 0.667. The van der Waals surface area contributed by atoms with Crippen LogP contribution in [0.1, 0.15) is 45.6 Å². The van der Waals surface area contributed by atoms with Gasteiger partial charge >= 0.3 is 0 Å². The van der Waals surface area contributed by atoms with Crippen LogP contribution >= 0.6 is 0 Å². The Labute approximate surface area is 124 Å². The van der Waals surface area contributed by atoms with Gasteiger partial charge in [0, 0.05) is 18.6 Å². The largest absolute Gasteiger partial charge is 0.314 e. The summed E-state index contributed by atoms with van der Waals surface area (Å²) in [5.74, 6) is 1.34. The molecule has 4 unspecified atom stereocenters. The van der Waals surface area contributed by atoms with Gasteiger partial charge in [-0.15, -0.1) is 0 Å². The van der Waals surface area contributed by atoms with Crippen molar-refractivity contribution in [2.24, 2.45) is 5.92 Å². The van der Waals surface area contributed by atoms with Crippen molar-refractivity contribution >= 4 is 0 Å². The van der Waals surface area contributed by atoms with Gasteiger partial charge in [-0.2, -0.15) is 0 Å². The lowest BCUT2D eigenvalue weighted by atomic mass is 9.86. The van der Waals surface area contributed by atoms with Crippen LogP contribution in [0.5, 0.6) is 0 Å². The lowest BCUT2D eigenvalue weighted by Gasteiger charge is -2.44. The highest BCUT2D eigenvalue weighted by Crippen LogP contribution is 2.26. The lowest BCUT2D eigenvalue weighted by Crippen LogP contribution is -2.54. The molecule has 1 aromatic carbocycles. The number of rotatable bonds is 5. The van der Waals surface area contributed by atoms with E-state index in [1.807, 2.05) is 0 Å². The SMILES string of the molecule is CCNC1CCN(CC(C)c2ccccc2)C(C)C1C. The van der Waals surface area contributed by atoms with Crippen LogP contribution in [0, 0.1) is 5.92 Å². The Morgan fingerprint density at radius 2 is 1.95 bits per heavy atom. The summed E-state index contributed by atoms with van der Waals surface area (Å²) < 4.78 is 0. The van der Waals surface area contributed by atoms with Crippen molar-refractivity contribution < 1.29 is 0 Å². The summed E-state index contributed by atoms with van der Waals surface area (Å²) in [4.78, 5) is 2.68. The molecule has 2 heteroatoms. The third-order valence-electron chi connectivity index (χ3n) is 5.04. The van der Waals surface area contributed by atoms with Gasteiger partial charge in [-0.05, 0) is 43.8 Å². The fourth-order valence-electron chi connectivity index (χ4n) is 3.49. The molecule has 1 aliphatic heterocycles. The summed E-state index contributed by atoms with van der Waals surface area (Å²) in [6.07, 6.45) is 1.28. The normalized spacial score (nSPS) is 29.3. The van der Waals surface area contributed by atoms with E-state index in [2.05, 4.69) is 68.2 Å². The van der Waals surface area contributed by atoms with Crippen LogP contribution in [0.3, 0.4) is 0 Å². The smallest absolute Gasteiger partial charge is 0.0120 e. The average Bonchev–Trinajstić information content (AvgIpc) is 2.48. The molecule has 1 aliphatic rings. The summed E-state index contributed by atoms with van der Waals surface area (Å²) in [5, 5.41) is 3.64. The van der Waals surface area contributed by atoms with Crippen molar-refractivity contribution in [2.45, 2.75) is 52.1 Å². The first-order valence-corrected chi connectivity index (χ1v) is 8.15. The Balaban J connectivity index is 1.94. The van der Waals surface area contributed by atoms with Crippen molar-refractivity contribution in [3.05, 3.63) is 35.9 Å². The molecule has 1 heterocycles. The first kappa shape index (κ1) is 15.5. The molecule has 0 aromatic heterocycles. The zero-order valence-electron chi connectivity index (χ0n) is 13.5. The molecule has 0 bridgehead atoms. The van der Waals surface area contributed by atoms with Gasteiger partial charge in [-0.3, -0.25) is 4.90 Å². The molecule has 112 valence electrons. The van der Waals surface area contributed by atoms with E-state index in [1.54, 1.807) is 0 Å². The van der Waals surface area contributed by atoms with Gasteiger partial charge < -0.3 is 5.32 Å². The number of likely N-dealkylation sites (tertiary alicyclic amines) is 1. The van der Waals surface area contributed by atoms with Crippen LogP contribution in [0.25, 0.3) is 0 Å². The van der Waals surface area contributed by atoms with Gasteiger partial charge in [0.2, 0.25) is 0 Å². The highest BCUT2D eigenvalue weighted by atomic mass is 15.2. The maximum absolute atomic E-state index is 3.64. The zero-order chi connectivity index (χ0) is 14.5. The standard InChI is InChI=1S/C18H30N2/c1-5-19-18-11-12-20(16(4)15(18)3)13-14(2)17-9-7-6-8-10-17/h6-10,14-16,18-19H,5,11-13H2,1-4H3. The minimum atomic E-state index is 0.613. The summed E-state index contributed by atoms with van der Waals surface area (Å²) in [6, 6.07) is 12.3. The second kappa shape index (κ2) is 7.24. The third kappa shape index (κ3) is 3.62. The van der Waals surface area contributed by atoms with E-state index in [4.69, 9.17) is 0 Å². The zero-order valence-corrected chi connectivity index (χ0v) is 13.5. The third-order valence-corrected chi connectivity index (χ3v) is 5.04. The molecule has 1 N–H and O–H groups in total. The number of nitrogens with one attached hydrogen (secondary N) is 1. The van der Waals surface area contributed by atoms with Crippen LogP contribution in [-0.2, 0) is 0 Å². The van der Waals surface area contributed by atoms with Crippen molar-refractivity contribution in [3.63, 3.8) is 0 Å². The summed E-state index contributed by atoms with van der Waals surface area (Å²) in [6.45, 7) is 12.8. The topological polar surface area (TPSA) is 15.3 Å². The van der Waals surface area contributed by atoms with Crippen molar-refractivity contribution in [2.75, 3.05) is 19.6 Å².